The maximum Gasteiger partial charge on any atom is 0.275 e. The number of hydrogen-bond acceptors (Lipinski definition) is 4. The third-order valence-electron chi connectivity index (χ3n) is 1.53. The number of aromatic nitrogens is 3. The highest BCUT2D eigenvalue weighted by atomic mass is 32.2. The minimum atomic E-state index is -2.58. The molecule has 2 heterocycles. The third kappa shape index (κ3) is 0.934. The summed E-state index contributed by atoms with van der Waals surface area (Å²) < 4.78 is 16.4. The first-order valence-corrected chi connectivity index (χ1v) is 5.15. The van der Waals surface area contributed by atoms with Crippen molar-refractivity contribution < 1.29 is 9.00 Å². The van der Waals surface area contributed by atoms with Gasteiger partial charge < -0.3 is 0 Å². The Hall–Kier alpha value is -1.24. The van der Waals surface area contributed by atoms with Gasteiger partial charge in [0, 0.05) is 6.26 Å². The van der Waals surface area contributed by atoms with Crippen LogP contribution in [0.5, 0.6) is 0 Å². The zero-order valence-electron chi connectivity index (χ0n) is 6.30. The molecule has 1 aliphatic heterocycles. The molecule has 0 aliphatic carbocycles. The third-order valence-corrected chi connectivity index (χ3v) is 3.18. The van der Waals surface area contributed by atoms with Gasteiger partial charge in [-0.25, -0.2) is 8.89 Å². The van der Waals surface area contributed by atoms with E-state index in [2.05, 4.69) is 14.7 Å². The largest absolute Gasteiger partial charge is 0.275 e. The van der Waals surface area contributed by atoms with Gasteiger partial charge in [0.05, 0.1) is 15.9 Å². The highest BCUT2D eigenvalue weighted by Gasteiger charge is 2.22. The summed E-state index contributed by atoms with van der Waals surface area (Å²) in [5.74, 6) is -0.416. The zero-order valence-corrected chi connectivity index (χ0v) is 7.11. The molecule has 12 heavy (non-hydrogen) atoms. The lowest BCUT2D eigenvalue weighted by molar-refractivity contribution is -0.118. The first kappa shape index (κ1) is 7.41. The van der Waals surface area contributed by atoms with Crippen molar-refractivity contribution in [2.75, 3.05) is 6.26 Å². The van der Waals surface area contributed by atoms with Crippen LogP contribution in [0.1, 0.15) is 0 Å². The second-order valence-corrected chi connectivity index (χ2v) is 4.72. The van der Waals surface area contributed by atoms with Gasteiger partial charge >= 0.3 is 0 Å². The molecule has 0 bridgehead atoms. The Bertz CT molecular complexity index is 454. The highest BCUT2D eigenvalue weighted by molar-refractivity contribution is 7.93. The monoisotopic (exact) mass is 186 g/mol. The topological polar surface area (TPSA) is 77.2 Å². The van der Waals surface area contributed by atoms with Gasteiger partial charge in [0.1, 0.15) is 6.54 Å². The molecular weight excluding hydrogens is 180 g/mol. The molecule has 0 spiro atoms. The molecule has 1 aromatic heterocycles. The molecule has 0 N–H and O–H groups in total. The summed E-state index contributed by atoms with van der Waals surface area (Å²) in [5.41, 5.74) is 0. The molecule has 1 atom stereocenters. The van der Waals surface area contributed by atoms with Crippen LogP contribution in [0.15, 0.2) is 15.6 Å². The highest BCUT2D eigenvalue weighted by Crippen LogP contribution is 2.13. The molecule has 0 radical (unpaired) electrons. The zero-order chi connectivity index (χ0) is 8.77. The Morgan fingerprint density at radius 2 is 2.42 bits per heavy atom. The molecule has 1 aliphatic rings. The van der Waals surface area contributed by atoms with Crippen LogP contribution in [0, 0.1) is 0 Å². The van der Waals surface area contributed by atoms with Crippen LogP contribution < -0.4 is 0 Å². The van der Waals surface area contributed by atoms with E-state index in [1.165, 1.54) is 17.1 Å². The number of nitrogens with zero attached hydrogens (tertiary/aromatic N) is 4. The number of rotatable bonds is 0. The van der Waals surface area contributed by atoms with Gasteiger partial charge in [0.2, 0.25) is 0 Å². The van der Waals surface area contributed by atoms with Crippen molar-refractivity contribution in [2.45, 2.75) is 11.6 Å². The number of fused-ring (bicyclic) bond motifs is 1. The minimum Gasteiger partial charge on any atom is -0.270 e. The van der Waals surface area contributed by atoms with E-state index in [0.717, 1.165) is 0 Å². The molecule has 1 amide bonds. The van der Waals surface area contributed by atoms with Crippen molar-refractivity contribution >= 4 is 15.6 Å². The molecule has 64 valence electrons. The van der Waals surface area contributed by atoms with Crippen LogP contribution in [0.4, 0.5) is 0 Å². The van der Waals surface area contributed by atoms with Crippen LogP contribution in [-0.2, 0) is 21.1 Å². The van der Waals surface area contributed by atoms with E-state index in [-0.39, 0.29) is 6.54 Å². The second-order valence-electron chi connectivity index (χ2n) is 2.52. The number of carbonyl (C=O) groups excluding carboxylic acids is 1. The molecule has 7 heteroatoms. The Morgan fingerprint density at radius 1 is 1.67 bits per heavy atom. The van der Waals surface area contributed by atoms with Gasteiger partial charge in [0.15, 0.2) is 5.03 Å². The molecule has 6 nitrogen and oxygen atoms in total. The van der Waals surface area contributed by atoms with Gasteiger partial charge in [-0.05, 0) is 0 Å². The average molecular weight is 186 g/mol. The van der Waals surface area contributed by atoms with Crippen molar-refractivity contribution in [1.29, 1.82) is 0 Å². The lowest BCUT2D eigenvalue weighted by Crippen LogP contribution is -2.21. The minimum absolute atomic E-state index is 0.0418. The SMILES string of the molecule is CS1(=O)=NC(=O)Cn2nncc21. The first-order valence-electron chi connectivity index (χ1n) is 3.23. The summed E-state index contributed by atoms with van der Waals surface area (Å²) in [4.78, 5) is 10.9. The molecule has 1 aromatic rings. The Balaban J connectivity index is 2.77. The van der Waals surface area contributed by atoms with Crippen LogP contribution in [-0.4, -0.2) is 31.4 Å². The lowest BCUT2D eigenvalue weighted by atomic mass is 10.6. The smallest absolute Gasteiger partial charge is 0.270 e. The van der Waals surface area contributed by atoms with Crippen molar-refractivity contribution in [3.8, 4) is 0 Å². The molecule has 0 aromatic carbocycles. The quantitative estimate of drug-likeness (QED) is 0.535. The van der Waals surface area contributed by atoms with Gasteiger partial charge in [-0.1, -0.05) is 5.21 Å². The molecule has 2 rings (SSSR count). The summed E-state index contributed by atoms with van der Waals surface area (Å²) in [6, 6.07) is 0. The Labute approximate surface area is 68.8 Å². The Morgan fingerprint density at radius 3 is 3.17 bits per heavy atom. The lowest BCUT2D eigenvalue weighted by Gasteiger charge is -2.09. The maximum atomic E-state index is 11.6. The van der Waals surface area contributed by atoms with Crippen LogP contribution in [0.2, 0.25) is 0 Å². The average Bonchev–Trinajstić information content (AvgIpc) is 2.32. The van der Waals surface area contributed by atoms with Crippen molar-refractivity contribution in [2.24, 2.45) is 4.36 Å². The summed E-state index contributed by atoms with van der Waals surface area (Å²) in [6.45, 7) is 0.0418. The van der Waals surface area contributed by atoms with E-state index in [1.807, 2.05) is 0 Å². The van der Waals surface area contributed by atoms with Gasteiger partial charge in [-0.15, -0.1) is 5.10 Å². The summed E-state index contributed by atoms with van der Waals surface area (Å²) in [6.07, 6.45) is 2.78. The van der Waals surface area contributed by atoms with Crippen molar-refractivity contribution in [3.05, 3.63) is 6.20 Å². The van der Waals surface area contributed by atoms with Crippen LogP contribution in [0.3, 0.4) is 0 Å². The van der Waals surface area contributed by atoms with E-state index < -0.39 is 15.6 Å². The number of hydrogen-bond donors (Lipinski definition) is 0. The van der Waals surface area contributed by atoms with Crippen LogP contribution >= 0.6 is 0 Å². The fourth-order valence-corrected chi connectivity index (χ4v) is 2.32. The maximum absolute atomic E-state index is 11.6. The van der Waals surface area contributed by atoms with E-state index in [1.54, 1.807) is 0 Å². The van der Waals surface area contributed by atoms with E-state index >= 15 is 0 Å². The van der Waals surface area contributed by atoms with Crippen LogP contribution in [0.25, 0.3) is 0 Å². The van der Waals surface area contributed by atoms with Gasteiger partial charge in [-0.2, -0.15) is 4.36 Å². The fraction of sp³-hybridized carbons (Fsp3) is 0.400. The van der Waals surface area contributed by atoms with E-state index in [9.17, 15) is 9.00 Å². The Kier molecular flexibility index (Phi) is 1.31. The van der Waals surface area contributed by atoms with Gasteiger partial charge in [-0.3, -0.25) is 4.79 Å². The molecule has 1 unspecified atom stereocenters. The number of amides is 1. The van der Waals surface area contributed by atoms with E-state index in [4.69, 9.17) is 0 Å². The molecule has 0 saturated carbocycles. The van der Waals surface area contributed by atoms with Gasteiger partial charge in [0.25, 0.3) is 5.91 Å². The normalized spacial score (nSPS) is 27.9. The molecule has 0 fully saturated rings. The predicted molar refractivity (Wildman–Crippen MR) is 39.8 cm³/mol. The van der Waals surface area contributed by atoms with Crippen molar-refractivity contribution in [1.82, 2.24) is 15.0 Å². The van der Waals surface area contributed by atoms with Crippen molar-refractivity contribution in [3.63, 3.8) is 0 Å². The summed E-state index contributed by atoms with van der Waals surface area (Å²) >= 11 is 0. The van der Waals surface area contributed by atoms with E-state index in [0.29, 0.717) is 5.03 Å². The number of carbonyl (C=O) groups is 1. The predicted octanol–water partition coefficient (Wildman–Crippen LogP) is -0.725. The fourth-order valence-electron chi connectivity index (χ4n) is 1.05. The summed E-state index contributed by atoms with van der Waals surface area (Å²) in [5, 5.41) is 7.58. The standard InChI is InChI=1S/C5H6N4O2S/c1-12(11)5-2-6-8-9(5)3-4(10)7-12/h2H,3H2,1H3. The first-order chi connectivity index (χ1) is 5.59. The summed E-state index contributed by atoms with van der Waals surface area (Å²) in [7, 11) is -2.58. The molecule has 0 saturated heterocycles. The second kappa shape index (κ2) is 2.13. The molecular formula is C5H6N4O2S.